The summed E-state index contributed by atoms with van der Waals surface area (Å²) >= 11 is 1.22. The second kappa shape index (κ2) is 13.2. The van der Waals surface area contributed by atoms with Crippen LogP contribution < -0.4 is 24.5 Å². The number of aromatic nitrogens is 1. The molecule has 1 atom stereocenters. The van der Waals surface area contributed by atoms with Crippen LogP contribution in [0.5, 0.6) is 5.75 Å². The van der Waals surface area contributed by atoms with Crippen LogP contribution >= 0.6 is 11.3 Å². The summed E-state index contributed by atoms with van der Waals surface area (Å²) in [7, 11) is 1.59. The summed E-state index contributed by atoms with van der Waals surface area (Å²) in [6.07, 6.45) is 3.79. The van der Waals surface area contributed by atoms with Crippen molar-refractivity contribution in [2.45, 2.75) is 46.6 Å². The van der Waals surface area contributed by atoms with Crippen molar-refractivity contribution in [3.63, 3.8) is 0 Å². The van der Waals surface area contributed by atoms with Crippen molar-refractivity contribution < 1.29 is 14.5 Å². The second-order valence-electron chi connectivity index (χ2n) is 12.1. The van der Waals surface area contributed by atoms with Gasteiger partial charge in [-0.1, -0.05) is 48.6 Å². The normalized spacial score (nSPS) is 17.1. The number of benzene rings is 3. The van der Waals surface area contributed by atoms with Gasteiger partial charge in [0, 0.05) is 55.1 Å². The van der Waals surface area contributed by atoms with Crippen molar-refractivity contribution in [1.29, 1.82) is 0 Å². The quantitative estimate of drug-likeness (QED) is 0.186. The summed E-state index contributed by atoms with van der Waals surface area (Å²) in [4.78, 5) is 49.5. The largest absolute Gasteiger partial charge is 0.496 e. The number of nitro benzene ring substituents is 1. The Hall–Kier alpha value is -4.77. The Morgan fingerprint density at radius 2 is 1.85 bits per heavy atom. The lowest BCUT2D eigenvalue weighted by Gasteiger charge is -2.33. The van der Waals surface area contributed by atoms with E-state index in [1.807, 2.05) is 57.2 Å². The smallest absolute Gasteiger partial charge is 0.271 e. The number of anilines is 1. The van der Waals surface area contributed by atoms with Crippen molar-refractivity contribution in [2.75, 3.05) is 38.2 Å². The Balaban J connectivity index is 1.62. The minimum Gasteiger partial charge on any atom is -0.496 e. The maximum absolute atomic E-state index is 14.6. The third kappa shape index (κ3) is 5.84. The zero-order valence-corrected chi connectivity index (χ0v) is 28.2. The number of ether oxygens (including phenoxy) is 1. The van der Waals surface area contributed by atoms with Gasteiger partial charge in [0.05, 0.1) is 27.8 Å². The standard InChI is InChI=1S/C36H39N5O5S/c1-6-38(7-2)35(43)31-23(4)37-36-40(33(31)32-27-11-9-8-10-24(27)12-15-29(32)46-5)34(42)30(47-36)21-25-20-26(41(44)45)13-14-28(25)39-18-16-22(3)17-19-39/h8-15,20-22,33H,6-7,16-19H2,1-5H3/b30-21-/t33-/m0/s1. The number of fused-ring (bicyclic) bond motifs is 2. The van der Waals surface area contributed by atoms with Crippen LogP contribution in [0.25, 0.3) is 16.8 Å². The average molecular weight is 654 g/mol. The summed E-state index contributed by atoms with van der Waals surface area (Å²) in [5.74, 6) is 0.980. The molecule has 1 saturated heterocycles. The number of hydrogen-bond donors (Lipinski definition) is 0. The number of hydrogen-bond acceptors (Lipinski definition) is 8. The third-order valence-corrected chi connectivity index (χ3v) is 10.3. The fraction of sp³-hybridized carbons (Fsp3) is 0.361. The Labute approximate surface area is 277 Å². The number of carbonyl (C=O) groups excluding carboxylic acids is 1. The lowest BCUT2D eigenvalue weighted by atomic mass is 9.90. The zero-order chi connectivity index (χ0) is 33.4. The van der Waals surface area contributed by atoms with E-state index in [1.165, 1.54) is 23.5 Å². The van der Waals surface area contributed by atoms with Crippen molar-refractivity contribution in [3.05, 3.63) is 107 Å². The maximum atomic E-state index is 14.6. The van der Waals surface area contributed by atoms with Crippen LogP contribution in [0.1, 0.15) is 57.7 Å². The predicted octanol–water partition coefficient (Wildman–Crippen LogP) is 5.41. The molecule has 2 aliphatic heterocycles. The summed E-state index contributed by atoms with van der Waals surface area (Å²) in [5, 5.41) is 13.6. The Bertz CT molecular complexity index is 2090. The molecule has 47 heavy (non-hydrogen) atoms. The molecule has 0 aliphatic carbocycles. The van der Waals surface area contributed by atoms with Gasteiger partial charge >= 0.3 is 0 Å². The third-order valence-electron chi connectivity index (χ3n) is 9.36. The van der Waals surface area contributed by atoms with Gasteiger partial charge in [0.1, 0.15) is 11.8 Å². The van der Waals surface area contributed by atoms with Gasteiger partial charge in [0.15, 0.2) is 4.80 Å². The zero-order valence-electron chi connectivity index (χ0n) is 27.4. The molecule has 1 aromatic heterocycles. The molecular formula is C36H39N5O5S. The SMILES string of the molecule is CCN(CC)C(=O)C1=C(C)N=c2s/c(=C\c3cc([N+](=O)[O-])ccc3N3CCC(C)CC3)c(=O)n2[C@@H]1c1c(OC)ccc2ccccc12. The van der Waals surface area contributed by atoms with Crippen LogP contribution in [0.2, 0.25) is 0 Å². The van der Waals surface area contributed by atoms with Gasteiger partial charge in [-0.2, -0.15) is 0 Å². The minimum absolute atomic E-state index is 0.0422. The van der Waals surface area contributed by atoms with Crippen LogP contribution in [0.15, 0.2) is 75.7 Å². The number of thiazole rings is 1. The molecule has 1 amide bonds. The molecular weight excluding hydrogens is 614 g/mol. The highest BCUT2D eigenvalue weighted by Crippen LogP contribution is 2.40. The van der Waals surface area contributed by atoms with E-state index in [9.17, 15) is 19.7 Å². The highest BCUT2D eigenvalue weighted by Gasteiger charge is 2.37. The van der Waals surface area contributed by atoms with Crippen molar-refractivity contribution >= 4 is 45.5 Å². The van der Waals surface area contributed by atoms with Crippen molar-refractivity contribution in [1.82, 2.24) is 9.47 Å². The Morgan fingerprint density at radius 1 is 1.13 bits per heavy atom. The summed E-state index contributed by atoms with van der Waals surface area (Å²) in [6.45, 7) is 10.6. The lowest BCUT2D eigenvalue weighted by molar-refractivity contribution is -0.384. The lowest BCUT2D eigenvalue weighted by Crippen LogP contribution is -2.43. The number of methoxy groups -OCH3 is 1. The molecule has 0 saturated carbocycles. The van der Waals surface area contributed by atoms with E-state index in [0.29, 0.717) is 56.5 Å². The molecule has 6 rings (SSSR count). The highest BCUT2D eigenvalue weighted by atomic mass is 32.1. The number of amides is 1. The molecule has 0 radical (unpaired) electrons. The fourth-order valence-corrected chi connectivity index (χ4v) is 7.77. The first-order chi connectivity index (χ1) is 22.7. The van der Waals surface area contributed by atoms with E-state index in [4.69, 9.17) is 9.73 Å². The monoisotopic (exact) mass is 653 g/mol. The number of nitrogens with zero attached hydrogens (tertiary/aromatic N) is 5. The maximum Gasteiger partial charge on any atom is 0.271 e. The fourth-order valence-electron chi connectivity index (χ4n) is 6.73. The Kier molecular flexibility index (Phi) is 9.01. The molecule has 3 aromatic carbocycles. The summed E-state index contributed by atoms with van der Waals surface area (Å²) < 4.78 is 7.88. The molecule has 0 N–H and O–H groups in total. The van der Waals surface area contributed by atoms with Crippen LogP contribution in [-0.2, 0) is 4.79 Å². The molecule has 1 fully saturated rings. The van der Waals surface area contributed by atoms with E-state index in [1.54, 1.807) is 28.7 Å². The van der Waals surface area contributed by atoms with Crippen molar-refractivity contribution in [2.24, 2.45) is 10.9 Å². The van der Waals surface area contributed by atoms with Gasteiger partial charge in [0.2, 0.25) is 0 Å². The van der Waals surface area contributed by atoms with Crippen LogP contribution in [-0.4, -0.2) is 53.6 Å². The van der Waals surface area contributed by atoms with Crippen molar-refractivity contribution in [3.8, 4) is 5.75 Å². The molecule has 11 heteroatoms. The van der Waals surface area contributed by atoms with E-state index in [-0.39, 0.29) is 17.2 Å². The minimum atomic E-state index is -0.810. The topological polar surface area (TPSA) is 110 Å². The molecule has 2 aliphatic rings. The van der Waals surface area contributed by atoms with E-state index < -0.39 is 11.0 Å². The van der Waals surface area contributed by atoms with E-state index in [2.05, 4.69) is 11.8 Å². The molecule has 0 spiro atoms. The number of piperidine rings is 1. The van der Waals surface area contributed by atoms with E-state index in [0.717, 1.165) is 42.4 Å². The number of non-ortho nitro benzene ring substituents is 1. The van der Waals surface area contributed by atoms with Crippen LogP contribution in [0, 0.1) is 16.0 Å². The van der Waals surface area contributed by atoms with Gasteiger partial charge in [-0.05, 0) is 68.5 Å². The van der Waals surface area contributed by atoms with Crippen LogP contribution in [0.4, 0.5) is 11.4 Å². The van der Waals surface area contributed by atoms with Gasteiger partial charge in [-0.3, -0.25) is 24.3 Å². The molecule has 0 bridgehead atoms. The first kappa shape index (κ1) is 32.2. The van der Waals surface area contributed by atoms with Gasteiger partial charge in [-0.15, -0.1) is 0 Å². The summed E-state index contributed by atoms with van der Waals surface area (Å²) in [5.41, 5.74) is 2.76. The average Bonchev–Trinajstić information content (AvgIpc) is 3.38. The van der Waals surface area contributed by atoms with Crippen LogP contribution in [0.3, 0.4) is 0 Å². The Morgan fingerprint density at radius 3 is 2.53 bits per heavy atom. The number of rotatable bonds is 8. The molecule has 10 nitrogen and oxygen atoms in total. The van der Waals surface area contributed by atoms with E-state index >= 15 is 0 Å². The van der Waals surface area contributed by atoms with Gasteiger partial charge in [0.25, 0.3) is 17.2 Å². The van der Waals surface area contributed by atoms with Gasteiger partial charge in [-0.25, -0.2) is 4.99 Å². The molecule has 0 unspecified atom stereocenters. The molecule has 3 heterocycles. The number of allylic oxidation sites excluding steroid dienone is 1. The van der Waals surface area contributed by atoms with Gasteiger partial charge < -0.3 is 14.5 Å². The number of carbonyl (C=O) groups is 1. The number of nitro groups is 1. The molecule has 244 valence electrons. The molecule has 4 aromatic rings. The second-order valence-corrected chi connectivity index (χ2v) is 13.1. The first-order valence-corrected chi connectivity index (χ1v) is 16.9. The predicted molar refractivity (Wildman–Crippen MR) is 186 cm³/mol. The summed E-state index contributed by atoms with van der Waals surface area (Å²) in [6, 6.07) is 15.7. The first-order valence-electron chi connectivity index (χ1n) is 16.1. The number of likely N-dealkylation sites (N-methyl/N-ethyl adjacent to an activating group) is 1. The highest BCUT2D eigenvalue weighted by molar-refractivity contribution is 7.07.